The highest BCUT2D eigenvalue weighted by Gasteiger charge is 2.43. The number of carbonyl (C=O) groups is 2. The minimum absolute atomic E-state index is 0.310. The Morgan fingerprint density at radius 1 is 1.30 bits per heavy atom. The van der Waals surface area contributed by atoms with E-state index in [1.807, 2.05) is 25.1 Å². The second kappa shape index (κ2) is 7.44. The Hall–Kier alpha value is -3.42. The number of fused-ring (bicyclic) bond motifs is 1. The Morgan fingerprint density at radius 2 is 2.10 bits per heavy atom. The Kier molecular flexibility index (Phi) is 4.93. The van der Waals surface area contributed by atoms with E-state index in [0.29, 0.717) is 24.0 Å². The maximum atomic E-state index is 13.2. The third kappa shape index (κ3) is 3.49. The summed E-state index contributed by atoms with van der Waals surface area (Å²) in [4.78, 5) is 39.2. The summed E-state index contributed by atoms with van der Waals surface area (Å²) in [6.07, 6.45) is 4.85. The first kappa shape index (κ1) is 19.9. The van der Waals surface area contributed by atoms with Gasteiger partial charge in [-0.2, -0.15) is 0 Å². The van der Waals surface area contributed by atoms with Crippen molar-refractivity contribution in [1.29, 1.82) is 0 Å². The molecule has 8 heteroatoms. The van der Waals surface area contributed by atoms with Crippen molar-refractivity contribution >= 4 is 34.4 Å². The number of piperidine rings is 1. The molecule has 30 heavy (non-hydrogen) atoms. The SMILES string of the molecule is Cc1cc(NC(=O)C(=O)N2C[C@@H](C)CC[C@@]2(C)c2ccc3[nH]cnc3c2)cnc1N. The first-order valence-electron chi connectivity index (χ1n) is 10.1. The van der Waals surface area contributed by atoms with Crippen LogP contribution in [0, 0.1) is 12.8 Å². The summed E-state index contributed by atoms with van der Waals surface area (Å²) in [5, 5.41) is 2.67. The second-order valence-electron chi connectivity index (χ2n) is 8.35. The van der Waals surface area contributed by atoms with Crippen molar-refractivity contribution in [2.45, 2.75) is 39.2 Å². The normalized spacial score (nSPS) is 21.6. The maximum Gasteiger partial charge on any atom is 0.313 e. The molecule has 4 N–H and O–H groups in total. The van der Waals surface area contributed by atoms with Gasteiger partial charge < -0.3 is 20.9 Å². The molecule has 1 aromatic carbocycles. The zero-order chi connectivity index (χ0) is 21.5. The number of nitrogens with two attached hydrogens (primary N) is 1. The topological polar surface area (TPSA) is 117 Å². The van der Waals surface area contributed by atoms with Gasteiger partial charge in [-0.3, -0.25) is 9.59 Å². The number of rotatable bonds is 2. The van der Waals surface area contributed by atoms with Crippen molar-refractivity contribution in [3.05, 3.63) is 47.9 Å². The number of nitrogen functional groups attached to an aromatic ring is 1. The zero-order valence-electron chi connectivity index (χ0n) is 17.4. The van der Waals surface area contributed by atoms with E-state index in [1.54, 1.807) is 24.2 Å². The Bertz CT molecular complexity index is 1120. The molecular formula is C22H26N6O2. The van der Waals surface area contributed by atoms with Crippen LogP contribution in [0.5, 0.6) is 0 Å². The quantitative estimate of drug-likeness (QED) is 0.566. The molecule has 0 radical (unpaired) electrons. The van der Waals surface area contributed by atoms with Crippen LogP contribution in [-0.2, 0) is 15.1 Å². The lowest BCUT2D eigenvalue weighted by molar-refractivity contribution is -0.150. The number of H-pyrrole nitrogens is 1. The second-order valence-corrected chi connectivity index (χ2v) is 8.35. The van der Waals surface area contributed by atoms with E-state index in [-0.39, 0.29) is 0 Å². The first-order chi connectivity index (χ1) is 14.3. The third-order valence-electron chi connectivity index (χ3n) is 6.07. The van der Waals surface area contributed by atoms with Crippen LogP contribution in [-0.4, -0.2) is 38.2 Å². The van der Waals surface area contributed by atoms with E-state index < -0.39 is 17.4 Å². The van der Waals surface area contributed by atoms with E-state index in [4.69, 9.17) is 5.73 Å². The summed E-state index contributed by atoms with van der Waals surface area (Å²) < 4.78 is 0. The molecule has 0 saturated carbocycles. The van der Waals surface area contributed by atoms with Crippen molar-refractivity contribution < 1.29 is 9.59 Å². The molecule has 1 fully saturated rings. The van der Waals surface area contributed by atoms with Crippen LogP contribution in [0.3, 0.4) is 0 Å². The standard InChI is InChI=1S/C22H26N6O2/c1-13-6-7-22(3,15-4-5-17-18(9-15)26-12-25-17)28(11-13)21(30)20(29)27-16-8-14(2)19(23)24-10-16/h4-5,8-10,12-13H,6-7,11H2,1-3H3,(H2,23,24)(H,25,26)(H,27,29)/t13-,22-/m0/s1. The number of carbonyl (C=O) groups excluding carboxylic acids is 2. The van der Waals surface area contributed by atoms with E-state index in [0.717, 1.165) is 35.0 Å². The van der Waals surface area contributed by atoms with Crippen LogP contribution in [0.4, 0.5) is 11.5 Å². The lowest BCUT2D eigenvalue weighted by Crippen LogP contribution is -2.55. The summed E-state index contributed by atoms with van der Waals surface area (Å²) in [5.41, 5.74) is 9.08. The number of aromatic amines is 1. The fourth-order valence-corrected chi connectivity index (χ4v) is 4.10. The van der Waals surface area contributed by atoms with E-state index in [1.165, 1.54) is 6.20 Å². The van der Waals surface area contributed by atoms with Gasteiger partial charge in [0.15, 0.2) is 0 Å². The summed E-state index contributed by atoms with van der Waals surface area (Å²) in [5.74, 6) is -0.530. The molecule has 0 bridgehead atoms. The number of pyridine rings is 1. The molecule has 1 aliphatic rings. The van der Waals surface area contributed by atoms with Gasteiger partial charge in [-0.25, -0.2) is 9.97 Å². The molecule has 3 aromatic rings. The van der Waals surface area contributed by atoms with Gasteiger partial charge in [0.05, 0.1) is 34.8 Å². The number of hydrogen-bond donors (Lipinski definition) is 3. The molecule has 4 rings (SSSR count). The van der Waals surface area contributed by atoms with Gasteiger partial charge in [0.2, 0.25) is 0 Å². The molecule has 3 heterocycles. The van der Waals surface area contributed by atoms with Crippen molar-refractivity contribution in [2.24, 2.45) is 5.92 Å². The Labute approximate surface area is 174 Å². The Balaban J connectivity index is 1.63. The lowest BCUT2D eigenvalue weighted by atomic mass is 9.79. The maximum absolute atomic E-state index is 13.2. The molecule has 0 spiro atoms. The monoisotopic (exact) mass is 406 g/mol. The summed E-state index contributed by atoms with van der Waals surface area (Å²) in [6.45, 7) is 6.43. The fraction of sp³-hybridized carbons (Fsp3) is 0.364. The molecule has 0 aliphatic carbocycles. The van der Waals surface area contributed by atoms with Gasteiger partial charge in [-0.15, -0.1) is 0 Å². The Morgan fingerprint density at radius 3 is 2.87 bits per heavy atom. The summed E-state index contributed by atoms with van der Waals surface area (Å²) in [7, 11) is 0. The van der Waals surface area contributed by atoms with Crippen molar-refractivity contribution in [3.8, 4) is 0 Å². The fourth-order valence-electron chi connectivity index (χ4n) is 4.10. The highest BCUT2D eigenvalue weighted by atomic mass is 16.2. The number of amides is 2. The predicted octanol–water partition coefficient (Wildman–Crippen LogP) is 2.96. The largest absolute Gasteiger partial charge is 0.383 e. The average Bonchev–Trinajstić information content (AvgIpc) is 3.20. The minimum Gasteiger partial charge on any atom is -0.383 e. The highest BCUT2D eigenvalue weighted by Crippen LogP contribution is 2.40. The van der Waals surface area contributed by atoms with Gasteiger partial charge in [-0.05, 0) is 61.9 Å². The number of likely N-dealkylation sites (tertiary alicyclic amines) is 1. The van der Waals surface area contributed by atoms with Crippen LogP contribution in [0.15, 0.2) is 36.8 Å². The number of nitrogens with zero attached hydrogens (tertiary/aromatic N) is 3. The zero-order valence-corrected chi connectivity index (χ0v) is 17.4. The van der Waals surface area contributed by atoms with Crippen LogP contribution in [0.1, 0.15) is 37.8 Å². The predicted molar refractivity (Wildman–Crippen MR) is 116 cm³/mol. The summed E-state index contributed by atoms with van der Waals surface area (Å²) >= 11 is 0. The number of benzene rings is 1. The number of anilines is 2. The van der Waals surface area contributed by atoms with Gasteiger partial charge in [0.25, 0.3) is 0 Å². The van der Waals surface area contributed by atoms with Crippen molar-refractivity contribution in [2.75, 3.05) is 17.6 Å². The van der Waals surface area contributed by atoms with Gasteiger partial charge in [0.1, 0.15) is 5.82 Å². The first-order valence-corrected chi connectivity index (χ1v) is 10.1. The highest BCUT2D eigenvalue weighted by molar-refractivity contribution is 6.39. The van der Waals surface area contributed by atoms with Crippen LogP contribution >= 0.6 is 0 Å². The average molecular weight is 406 g/mol. The van der Waals surface area contributed by atoms with Crippen LogP contribution in [0.2, 0.25) is 0 Å². The van der Waals surface area contributed by atoms with Gasteiger partial charge in [-0.1, -0.05) is 13.0 Å². The van der Waals surface area contributed by atoms with Crippen molar-refractivity contribution in [3.63, 3.8) is 0 Å². The summed E-state index contributed by atoms with van der Waals surface area (Å²) in [6, 6.07) is 7.67. The van der Waals surface area contributed by atoms with E-state index >= 15 is 0 Å². The molecule has 2 aromatic heterocycles. The van der Waals surface area contributed by atoms with Crippen LogP contribution in [0.25, 0.3) is 11.0 Å². The number of imidazole rings is 1. The molecule has 0 unspecified atom stereocenters. The molecule has 8 nitrogen and oxygen atoms in total. The number of hydrogen-bond acceptors (Lipinski definition) is 5. The molecule has 1 aliphatic heterocycles. The molecule has 2 amide bonds. The van der Waals surface area contributed by atoms with Gasteiger partial charge in [0, 0.05) is 6.54 Å². The third-order valence-corrected chi connectivity index (χ3v) is 6.07. The number of nitrogens with one attached hydrogen (secondary N) is 2. The molecule has 1 saturated heterocycles. The molecule has 2 atom stereocenters. The smallest absolute Gasteiger partial charge is 0.313 e. The van der Waals surface area contributed by atoms with E-state index in [9.17, 15) is 9.59 Å². The van der Waals surface area contributed by atoms with Gasteiger partial charge >= 0.3 is 11.8 Å². The number of aromatic nitrogens is 3. The molecule has 156 valence electrons. The lowest BCUT2D eigenvalue weighted by Gasteiger charge is -2.47. The molecular weight excluding hydrogens is 380 g/mol. The van der Waals surface area contributed by atoms with Crippen LogP contribution < -0.4 is 11.1 Å². The van der Waals surface area contributed by atoms with E-state index in [2.05, 4.69) is 27.2 Å². The number of aryl methyl sites for hydroxylation is 1. The minimum atomic E-state index is -0.679. The van der Waals surface area contributed by atoms with Crippen molar-refractivity contribution in [1.82, 2.24) is 19.9 Å².